The van der Waals surface area contributed by atoms with Gasteiger partial charge in [0.25, 0.3) is 0 Å². The van der Waals surface area contributed by atoms with Gasteiger partial charge in [-0.2, -0.15) is 0 Å². The van der Waals surface area contributed by atoms with Crippen LogP contribution in [0.1, 0.15) is 12.8 Å². The number of rotatable bonds is 4. The molecule has 0 radical (unpaired) electrons. The van der Waals surface area contributed by atoms with Gasteiger partial charge in [0.15, 0.2) is 0 Å². The Morgan fingerprint density at radius 3 is 3.17 bits per heavy atom. The molecule has 0 spiro atoms. The van der Waals surface area contributed by atoms with Crippen LogP contribution >= 0.6 is 11.8 Å². The maximum atomic E-state index is 10.1. The second kappa shape index (κ2) is 5.22. The highest BCUT2D eigenvalue weighted by molar-refractivity contribution is 8.02. The Balaban J connectivity index is 2.05. The molecule has 4 heteroatoms. The fourth-order valence-electron chi connectivity index (χ4n) is 1.04. The molecule has 0 aromatic heterocycles. The van der Waals surface area contributed by atoms with Crippen LogP contribution in [0.5, 0.6) is 0 Å². The van der Waals surface area contributed by atoms with Gasteiger partial charge in [0.05, 0.1) is 6.10 Å². The molecular formula is C8H12O3S. The minimum Gasteiger partial charge on any atom is -0.478 e. The van der Waals surface area contributed by atoms with Gasteiger partial charge in [0.2, 0.25) is 0 Å². The van der Waals surface area contributed by atoms with Gasteiger partial charge in [0.1, 0.15) is 0 Å². The predicted molar refractivity (Wildman–Crippen MR) is 48.2 cm³/mol. The van der Waals surface area contributed by atoms with Crippen molar-refractivity contribution < 1.29 is 14.6 Å². The summed E-state index contributed by atoms with van der Waals surface area (Å²) in [4.78, 5) is 10.1. The van der Waals surface area contributed by atoms with E-state index >= 15 is 0 Å². The topological polar surface area (TPSA) is 46.5 Å². The molecule has 1 rings (SSSR count). The van der Waals surface area contributed by atoms with E-state index < -0.39 is 5.97 Å². The van der Waals surface area contributed by atoms with Gasteiger partial charge in [-0.3, -0.25) is 0 Å². The van der Waals surface area contributed by atoms with E-state index in [1.54, 1.807) is 5.41 Å². The first-order chi connectivity index (χ1) is 5.79. The number of hydrogen-bond donors (Lipinski definition) is 1. The monoisotopic (exact) mass is 188 g/mol. The number of ether oxygens (including phenoxy) is 1. The zero-order valence-electron chi connectivity index (χ0n) is 6.73. The largest absolute Gasteiger partial charge is 0.478 e. The van der Waals surface area contributed by atoms with E-state index in [-0.39, 0.29) is 0 Å². The Bertz CT molecular complexity index is 173. The molecule has 1 aliphatic heterocycles. The highest BCUT2D eigenvalue weighted by Gasteiger charge is 2.14. The third kappa shape index (κ3) is 3.78. The molecule has 1 heterocycles. The van der Waals surface area contributed by atoms with E-state index in [2.05, 4.69) is 0 Å². The second-order valence-electron chi connectivity index (χ2n) is 2.61. The molecule has 3 nitrogen and oxygen atoms in total. The van der Waals surface area contributed by atoms with Crippen LogP contribution in [0, 0.1) is 0 Å². The summed E-state index contributed by atoms with van der Waals surface area (Å²) < 4.78 is 5.36. The van der Waals surface area contributed by atoms with Crippen LogP contribution in [-0.2, 0) is 9.53 Å². The Kier molecular flexibility index (Phi) is 4.18. The molecule has 1 aliphatic rings. The number of carbonyl (C=O) groups is 1. The van der Waals surface area contributed by atoms with Crippen LogP contribution < -0.4 is 0 Å². The van der Waals surface area contributed by atoms with E-state index in [9.17, 15) is 4.79 Å². The lowest BCUT2D eigenvalue weighted by Crippen LogP contribution is -2.06. The number of carboxylic acids is 1. The zero-order chi connectivity index (χ0) is 8.81. The SMILES string of the molecule is O=C(O)/C=C/SCC1CCCO1. The number of aliphatic carboxylic acids is 1. The molecule has 12 heavy (non-hydrogen) atoms. The van der Waals surface area contributed by atoms with Gasteiger partial charge in [-0.25, -0.2) is 4.79 Å². The lowest BCUT2D eigenvalue weighted by Gasteiger charge is -2.04. The summed E-state index contributed by atoms with van der Waals surface area (Å²) in [6.07, 6.45) is 3.72. The molecule has 0 aromatic rings. The van der Waals surface area contributed by atoms with Crippen LogP contribution in [0.4, 0.5) is 0 Å². The van der Waals surface area contributed by atoms with Gasteiger partial charge in [-0.15, -0.1) is 11.8 Å². The fourth-order valence-corrected chi connectivity index (χ4v) is 1.85. The lowest BCUT2D eigenvalue weighted by molar-refractivity contribution is -0.131. The normalized spacial score (nSPS) is 23.5. The average Bonchev–Trinajstić information content (AvgIpc) is 2.49. The van der Waals surface area contributed by atoms with Crippen LogP contribution in [0.15, 0.2) is 11.5 Å². The second-order valence-corrected chi connectivity index (χ2v) is 3.55. The predicted octanol–water partition coefficient (Wildman–Crippen LogP) is 1.50. The van der Waals surface area contributed by atoms with Crippen molar-refractivity contribution in [1.82, 2.24) is 0 Å². The standard InChI is InChI=1S/C8H12O3S/c9-8(10)3-5-12-6-7-2-1-4-11-7/h3,5,7H,1-2,4,6H2,(H,9,10)/b5-3+. The third-order valence-corrected chi connectivity index (χ3v) is 2.51. The Morgan fingerprint density at radius 1 is 1.75 bits per heavy atom. The summed E-state index contributed by atoms with van der Waals surface area (Å²) in [6, 6.07) is 0. The van der Waals surface area contributed by atoms with Gasteiger partial charge >= 0.3 is 5.97 Å². The molecule has 0 aliphatic carbocycles. The van der Waals surface area contributed by atoms with Crippen molar-refractivity contribution in [2.45, 2.75) is 18.9 Å². The highest BCUT2D eigenvalue weighted by atomic mass is 32.2. The van der Waals surface area contributed by atoms with E-state index in [0.29, 0.717) is 6.10 Å². The van der Waals surface area contributed by atoms with Crippen molar-refractivity contribution in [1.29, 1.82) is 0 Å². The molecule has 68 valence electrons. The highest BCUT2D eigenvalue weighted by Crippen LogP contribution is 2.17. The minimum absolute atomic E-state index is 0.327. The molecule has 0 aromatic carbocycles. The van der Waals surface area contributed by atoms with Crippen molar-refractivity contribution in [3.63, 3.8) is 0 Å². The lowest BCUT2D eigenvalue weighted by atomic mass is 10.3. The Labute approximate surface area is 75.8 Å². The first kappa shape index (κ1) is 9.61. The maximum Gasteiger partial charge on any atom is 0.328 e. The van der Waals surface area contributed by atoms with Crippen molar-refractivity contribution in [3.8, 4) is 0 Å². The van der Waals surface area contributed by atoms with Gasteiger partial charge in [0, 0.05) is 18.4 Å². The van der Waals surface area contributed by atoms with Crippen LogP contribution in [0.25, 0.3) is 0 Å². The molecule has 1 saturated heterocycles. The van der Waals surface area contributed by atoms with E-state index in [4.69, 9.17) is 9.84 Å². The quantitative estimate of drug-likeness (QED) is 0.679. The van der Waals surface area contributed by atoms with Gasteiger partial charge < -0.3 is 9.84 Å². The van der Waals surface area contributed by atoms with Crippen molar-refractivity contribution in [2.24, 2.45) is 0 Å². The summed E-state index contributed by atoms with van der Waals surface area (Å²) >= 11 is 1.49. The van der Waals surface area contributed by atoms with Crippen LogP contribution in [0.2, 0.25) is 0 Å². The van der Waals surface area contributed by atoms with E-state index in [1.807, 2.05) is 0 Å². The number of carboxylic acid groups (broad SMARTS) is 1. The molecule has 0 amide bonds. The molecule has 0 saturated carbocycles. The van der Waals surface area contributed by atoms with Gasteiger partial charge in [-0.1, -0.05) is 0 Å². The fraction of sp³-hybridized carbons (Fsp3) is 0.625. The zero-order valence-corrected chi connectivity index (χ0v) is 7.55. The average molecular weight is 188 g/mol. The maximum absolute atomic E-state index is 10.1. The first-order valence-electron chi connectivity index (χ1n) is 3.91. The molecule has 1 atom stereocenters. The summed E-state index contributed by atoms with van der Waals surface area (Å²) in [6.45, 7) is 0.855. The molecule has 1 fully saturated rings. The summed E-state index contributed by atoms with van der Waals surface area (Å²) in [7, 11) is 0. The smallest absolute Gasteiger partial charge is 0.328 e. The summed E-state index contributed by atoms with van der Waals surface area (Å²) in [5.74, 6) is -0.0288. The van der Waals surface area contributed by atoms with Crippen molar-refractivity contribution >= 4 is 17.7 Å². The molecule has 0 bridgehead atoms. The van der Waals surface area contributed by atoms with E-state index in [1.165, 1.54) is 11.8 Å². The Hall–Kier alpha value is -0.480. The molecule has 1 N–H and O–H groups in total. The Morgan fingerprint density at radius 2 is 2.58 bits per heavy atom. The summed E-state index contributed by atoms with van der Waals surface area (Å²) in [5, 5.41) is 9.88. The van der Waals surface area contributed by atoms with Crippen LogP contribution in [-0.4, -0.2) is 29.5 Å². The van der Waals surface area contributed by atoms with Crippen molar-refractivity contribution in [3.05, 3.63) is 11.5 Å². The summed E-state index contributed by atoms with van der Waals surface area (Å²) in [5.41, 5.74) is 0. The molecular weight excluding hydrogens is 176 g/mol. The third-order valence-electron chi connectivity index (χ3n) is 1.61. The minimum atomic E-state index is -0.894. The number of hydrogen-bond acceptors (Lipinski definition) is 3. The number of thioether (sulfide) groups is 1. The van der Waals surface area contributed by atoms with Gasteiger partial charge in [-0.05, 0) is 18.2 Å². The first-order valence-corrected chi connectivity index (χ1v) is 4.96. The van der Waals surface area contributed by atoms with Crippen LogP contribution in [0.3, 0.4) is 0 Å². The van der Waals surface area contributed by atoms with E-state index in [0.717, 1.165) is 31.3 Å². The molecule has 1 unspecified atom stereocenters. The van der Waals surface area contributed by atoms with Crippen molar-refractivity contribution in [2.75, 3.05) is 12.4 Å².